The Hall–Kier alpha value is -3.92. The molecule has 0 saturated heterocycles. The Kier molecular flexibility index (Phi) is 5.08. The van der Waals surface area contributed by atoms with Gasteiger partial charge in [-0.3, -0.25) is 20.4 Å². The van der Waals surface area contributed by atoms with E-state index in [4.69, 9.17) is 0 Å². The maximum absolute atomic E-state index is 12.5. The van der Waals surface area contributed by atoms with E-state index in [1.807, 2.05) is 30.3 Å². The molecule has 2 heterocycles. The van der Waals surface area contributed by atoms with Crippen molar-refractivity contribution in [2.75, 3.05) is 0 Å². The van der Waals surface area contributed by atoms with Gasteiger partial charge in [0.2, 0.25) is 0 Å². The van der Waals surface area contributed by atoms with E-state index in [1.165, 1.54) is 22.3 Å². The van der Waals surface area contributed by atoms with Gasteiger partial charge in [0.05, 0.1) is 11.4 Å². The summed E-state index contributed by atoms with van der Waals surface area (Å²) >= 11 is 1.27. The lowest BCUT2D eigenvalue weighted by Crippen LogP contribution is -2.41. The molecule has 0 saturated carbocycles. The molecule has 10 heteroatoms. The van der Waals surface area contributed by atoms with Crippen molar-refractivity contribution in [1.29, 1.82) is 0 Å². The van der Waals surface area contributed by atoms with E-state index in [-0.39, 0.29) is 0 Å². The Bertz CT molecular complexity index is 1160. The number of amides is 2. The first-order chi connectivity index (χ1) is 14.1. The third-order valence-corrected chi connectivity index (χ3v) is 5.24. The molecule has 2 N–H and O–H groups in total. The molecule has 0 aliphatic rings. The minimum Gasteiger partial charge on any atom is -0.267 e. The number of hydrazine groups is 1. The molecule has 0 bridgehead atoms. The number of tetrazole rings is 1. The number of aryl methyl sites for hydroxylation is 1. The van der Waals surface area contributed by atoms with Gasteiger partial charge >= 0.3 is 0 Å². The van der Waals surface area contributed by atoms with Crippen LogP contribution < -0.4 is 10.9 Å². The zero-order valence-electron chi connectivity index (χ0n) is 15.2. The van der Waals surface area contributed by atoms with Crippen LogP contribution >= 0.6 is 11.3 Å². The van der Waals surface area contributed by atoms with Crippen molar-refractivity contribution in [3.63, 3.8) is 0 Å². The first-order valence-electron chi connectivity index (χ1n) is 8.59. The van der Waals surface area contributed by atoms with Crippen molar-refractivity contribution in [3.05, 3.63) is 77.1 Å². The molecule has 2 aromatic heterocycles. The molecule has 4 rings (SSSR count). The number of aromatic nitrogens is 5. The number of hydrogen-bond acceptors (Lipinski definition) is 7. The van der Waals surface area contributed by atoms with Gasteiger partial charge in [0.15, 0.2) is 0 Å². The average molecular weight is 405 g/mol. The Morgan fingerprint density at radius 2 is 1.79 bits per heavy atom. The summed E-state index contributed by atoms with van der Waals surface area (Å²) in [6.07, 6.45) is 1.43. The number of carbonyl (C=O) groups is 2. The second kappa shape index (κ2) is 7.98. The lowest BCUT2D eigenvalue weighted by Gasteiger charge is -2.07. The van der Waals surface area contributed by atoms with Crippen molar-refractivity contribution in [3.8, 4) is 16.3 Å². The number of thiazole rings is 1. The number of nitrogens with one attached hydrogen (secondary N) is 2. The third-order valence-electron chi connectivity index (χ3n) is 4.04. The molecule has 2 amide bonds. The molecule has 0 atom stereocenters. The number of rotatable bonds is 4. The Morgan fingerprint density at radius 1 is 1.00 bits per heavy atom. The summed E-state index contributed by atoms with van der Waals surface area (Å²) in [4.78, 5) is 29.8. The Morgan fingerprint density at radius 3 is 2.55 bits per heavy atom. The van der Waals surface area contributed by atoms with Crippen LogP contribution in [0.3, 0.4) is 0 Å². The first kappa shape index (κ1) is 18.4. The molecule has 0 spiro atoms. The molecule has 144 valence electrons. The summed E-state index contributed by atoms with van der Waals surface area (Å²) < 4.78 is 1.43. The van der Waals surface area contributed by atoms with Gasteiger partial charge in [0.1, 0.15) is 16.2 Å². The minimum absolute atomic E-state index is 0.351. The lowest BCUT2D eigenvalue weighted by atomic mass is 10.2. The van der Waals surface area contributed by atoms with Crippen LogP contribution in [0.4, 0.5) is 0 Å². The van der Waals surface area contributed by atoms with Crippen LogP contribution in [0.2, 0.25) is 0 Å². The molecule has 29 heavy (non-hydrogen) atoms. The fraction of sp³-hybridized carbons (Fsp3) is 0.0526. The number of hydrogen-bond donors (Lipinski definition) is 2. The number of carbonyl (C=O) groups excluding carboxylic acids is 2. The molecule has 0 unspecified atom stereocenters. The highest BCUT2D eigenvalue weighted by molar-refractivity contribution is 7.17. The SMILES string of the molecule is Cc1nc(-c2ccccc2)sc1C(=O)NNC(=O)c1cccc(-n2cnnn2)c1. The van der Waals surface area contributed by atoms with Gasteiger partial charge in [-0.15, -0.1) is 16.4 Å². The number of nitrogens with zero attached hydrogens (tertiary/aromatic N) is 5. The average Bonchev–Trinajstić information content (AvgIpc) is 3.43. The molecular formula is C19H15N7O2S. The summed E-state index contributed by atoms with van der Waals surface area (Å²) in [7, 11) is 0. The van der Waals surface area contributed by atoms with Crippen molar-refractivity contribution < 1.29 is 9.59 Å². The van der Waals surface area contributed by atoms with Gasteiger partial charge in [-0.05, 0) is 35.5 Å². The Labute approximate surface area is 169 Å². The molecule has 0 aliphatic heterocycles. The normalized spacial score (nSPS) is 10.5. The van der Waals surface area contributed by atoms with Crippen LogP contribution in [0.1, 0.15) is 25.7 Å². The fourth-order valence-corrected chi connectivity index (χ4v) is 3.59. The van der Waals surface area contributed by atoms with Crippen molar-refractivity contribution in [1.82, 2.24) is 36.0 Å². The van der Waals surface area contributed by atoms with E-state index in [0.29, 0.717) is 21.8 Å². The van der Waals surface area contributed by atoms with Crippen LogP contribution in [-0.2, 0) is 0 Å². The first-order valence-corrected chi connectivity index (χ1v) is 9.40. The summed E-state index contributed by atoms with van der Waals surface area (Å²) in [6.45, 7) is 1.76. The van der Waals surface area contributed by atoms with Crippen molar-refractivity contribution in [2.24, 2.45) is 0 Å². The van der Waals surface area contributed by atoms with Crippen LogP contribution in [-0.4, -0.2) is 37.0 Å². The summed E-state index contributed by atoms with van der Waals surface area (Å²) in [5, 5.41) is 11.7. The minimum atomic E-state index is -0.460. The Balaban J connectivity index is 1.44. The third kappa shape index (κ3) is 4.01. The highest BCUT2D eigenvalue weighted by Gasteiger charge is 2.17. The molecule has 4 aromatic rings. The molecule has 0 aliphatic carbocycles. The van der Waals surface area contributed by atoms with Crippen LogP contribution in [0.5, 0.6) is 0 Å². The molecule has 9 nitrogen and oxygen atoms in total. The quantitative estimate of drug-likeness (QED) is 0.503. The van der Waals surface area contributed by atoms with E-state index in [9.17, 15) is 9.59 Å². The summed E-state index contributed by atoms with van der Waals surface area (Å²) in [5.41, 5.74) is 7.38. The van der Waals surface area contributed by atoms with Gasteiger partial charge in [-0.25, -0.2) is 9.67 Å². The zero-order valence-corrected chi connectivity index (χ0v) is 16.1. The molecular weight excluding hydrogens is 390 g/mol. The predicted molar refractivity (Wildman–Crippen MR) is 106 cm³/mol. The summed E-state index contributed by atoms with van der Waals surface area (Å²) in [6, 6.07) is 16.3. The predicted octanol–water partition coefficient (Wildman–Crippen LogP) is 2.17. The van der Waals surface area contributed by atoms with Crippen LogP contribution in [0, 0.1) is 6.92 Å². The number of benzene rings is 2. The molecule has 0 radical (unpaired) electrons. The topological polar surface area (TPSA) is 115 Å². The molecule has 2 aromatic carbocycles. The second-order valence-corrected chi connectivity index (χ2v) is 7.01. The van der Waals surface area contributed by atoms with E-state index in [1.54, 1.807) is 31.2 Å². The fourth-order valence-electron chi connectivity index (χ4n) is 2.62. The largest absolute Gasteiger partial charge is 0.281 e. The van der Waals surface area contributed by atoms with Gasteiger partial charge in [-0.2, -0.15) is 0 Å². The van der Waals surface area contributed by atoms with Crippen LogP contribution in [0.15, 0.2) is 60.9 Å². The second-order valence-electron chi connectivity index (χ2n) is 6.01. The maximum Gasteiger partial charge on any atom is 0.281 e. The summed E-state index contributed by atoms with van der Waals surface area (Å²) in [5.74, 6) is -0.883. The monoisotopic (exact) mass is 405 g/mol. The highest BCUT2D eigenvalue weighted by atomic mass is 32.1. The zero-order chi connectivity index (χ0) is 20.2. The highest BCUT2D eigenvalue weighted by Crippen LogP contribution is 2.27. The molecule has 0 fully saturated rings. The van der Waals surface area contributed by atoms with Gasteiger partial charge in [0, 0.05) is 11.1 Å². The smallest absolute Gasteiger partial charge is 0.267 e. The van der Waals surface area contributed by atoms with Crippen molar-refractivity contribution >= 4 is 23.2 Å². The van der Waals surface area contributed by atoms with E-state index < -0.39 is 11.8 Å². The van der Waals surface area contributed by atoms with Crippen molar-refractivity contribution in [2.45, 2.75) is 6.92 Å². The van der Waals surface area contributed by atoms with E-state index in [0.717, 1.165) is 10.6 Å². The van der Waals surface area contributed by atoms with Gasteiger partial charge in [-0.1, -0.05) is 36.4 Å². The van der Waals surface area contributed by atoms with Gasteiger partial charge < -0.3 is 0 Å². The van der Waals surface area contributed by atoms with E-state index >= 15 is 0 Å². The van der Waals surface area contributed by atoms with Crippen LogP contribution in [0.25, 0.3) is 16.3 Å². The standard InChI is InChI=1S/C19H15N7O2S/c1-12-16(29-19(21-12)13-6-3-2-4-7-13)18(28)23-22-17(27)14-8-5-9-15(10-14)26-11-20-24-25-26/h2-11H,1H3,(H,22,27)(H,23,28). The van der Waals surface area contributed by atoms with E-state index in [2.05, 4.69) is 31.4 Å². The van der Waals surface area contributed by atoms with Gasteiger partial charge in [0.25, 0.3) is 11.8 Å². The maximum atomic E-state index is 12.5. The lowest BCUT2D eigenvalue weighted by molar-refractivity contribution is 0.0848.